The van der Waals surface area contributed by atoms with Gasteiger partial charge in [-0.05, 0) is 37.1 Å². The van der Waals surface area contributed by atoms with Gasteiger partial charge in [-0.2, -0.15) is 0 Å². The zero-order valence-electron chi connectivity index (χ0n) is 19.3. The standard InChI is InChI=1S/C24H29N3O5/c1-14-8-7-9-19(15(14)2)27-13-16(10-22(27)28)23(29)25-18-12-21(32-6)20(31-5)11-17(18)24(30)26(3)4/h7-9,11-12,16H,10,13H2,1-6H3,(H,25,29). The molecule has 0 spiro atoms. The van der Waals surface area contributed by atoms with Crippen molar-refractivity contribution in [3.8, 4) is 11.5 Å². The number of amides is 3. The Labute approximate surface area is 188 Å². The van der Waals surface area contributed by atoms with Gasteiger partial charge in [0.2, 0.25) is 11.8 Å². The maximum absolute atomic E-state index is 13.1. The van der Waals surface area contributed by atoms with Crippen molar-refractivity contribution in [3.05, 3.63) is 47.0 Å². The highest BCUT2D eigenvalue weighted by molar-refractivity contribution is 6.07. The predicted octanol–water partition coefficient (Wildman–Crippen LogP) is 3.01. The van der Waals surface area contributed by atoms with Crippen LogP contribution in [-0.2, 0) is 9.59 Å². The summed E-state index contributed by atoms with van der Waals surface area (Å²) in [5.41, 5.74) is 3.50. The number of anilines is 2. The first-order valence-corrected chi connectivity index (χ1v) is 10.3. The van der Waals surface area contributed by atoms with E-state index in [1.807, 2.05) is 32.0 Å². The third kappa shape index (κ3) is 4.39. The molecule has 3 rings (SSSR count). The molecule has 1 unspecified atom stereocenters. The van der Waals surface area contributed by atoms with E-state index in [0.29, 0.717) is 17.2 Å². The maximum Gasteiger partial charge on any atom is 0.255 e. The van der Waals surface area contributed by atoms with Crippen molar-refractivity contribution in [3.63, 3.8) is 0 Å². The molecule has 2 aromatic rings. The van der Waals surface area contributed by atoms with Crippen molar-refractivity contribution in [2.75, 3.05) is 45.1 Å². The van der Waals surface area contributed by atoms with Crippen molar-refractivity contribution >= 4 is 29.1 Å². The summed E-state index contributed by atoms with van der Waals surface area (Å²) in [6, 6.07) is 8.89. The van der Waals surface area contributed by atoms with Crippen LogP contribution >= 0.6 is 0 Å². The van der Waals surface area contributed by atoms with E-state index in [1.165, 1.54) is 19.1 Å². The Kier molecular flexibility index (Phi) is 6.72. The summed E-state index contributed by atoms with van der Waals surface area (Å²) in [5, 5.41) is 2.83. The van der Waals surface area contributed by atoms with E-state index < -0.39 is 5.92 Å². The number of nitrogens with zero attached hydrogens (tertiary/aromatic N) is 2. The number of carbonyl (C=O) groups is 3. The second-order valence-corrected chi connectivity index (χ2v) is 8.07. The number of carbonyl (C=O) groups excluding carboxylic acids is 3. The van der Waals surface area contributed by atoms with Crippen LogP contribution < -0.4 is 19.7 Å². The van der Waals surface area contributed by atoms with Gasteiger partial charge < -0.3 is 24.6 Å². The van der Waals surface area contributed by atoms with Crippen LogP contribution in [0.15, 0.2) is 30.3 Å². The molecule has 8 nitrogen and oxygen atoms in total. The van der Waals surface area contributed by atoms with E-state index in [4.69, 9.17) is 9.47 Å². The van der Waals surface area contributed by atoms with Gasteiger partial charge >= 0.3 is 0 Å². The maximum atomic E-state index is 13.1. The van der Waals surface area contributed by atoms with Gasteiger partial charge in [-0.25, -0.2) is 0 Å². The Bertz CT molecular complexity index is 1060. The fraction of sp³-hybridized carbons (Fsp3) is 0.375. The molecule has 32 heavy (non-hydrogen) atoms. The second kappa shape index (κ2) is 9.30. The van der Waals surface area contributed by atoms with E-state index in [-0.39, 0.29) is 36.3 Å². The van der Waals surface area contributed by atoms with E-state index in [9.17, 15) is 14.4 Å². The number of ether oxygens (including phenoxy) is 2. The average molecular weight is 440 g/mol. The van der Waals surface area contributed by atoms with Crippen LogP contribution in [0, 0.1) is 19.8 Å². The summed E-state index contributed by atoms with van der Waals surface area (Å²) in [6.45, 7) is 4.23. The zero-order chi connectivity index (χ0) is 23.6. The van der Waals surface area contributed by atoms with Crippen molar-refractivity contribution in [1.29, 1.82) is 0 Å². The molecule has 0 aliphatic carbocycles. The normalized spacial score (nSPS) is 15.5. The van der Waals surface area contributed by atoms with Gasteiger partial charge in [-0.3, -0.25) is 14.4 Å². The van der Waals surface area contributed by atoms with Crippen LogP contribution in [0.1, 0.15) is 27.9 Å². The summed E-state index contributed by atoms with van der Waals surface area (Å²) >= 11 is 0. The predicted molar refractivity (Wildman–Crippen MR) is 123 cm³/mol. The van der Waals surface area contributed by atoms with E-state index >= 15 is 0 Å². The third-order valence-electron chi connectivity index (χ3n) is 5.78. The molecule has 1 atom stereocenters. The molecule has 0 radical (unpaired) electrons. The molecule has 1 heterocycles. The number of methoxy groups -OCH3 is 2. The summed E-state index contributed by atoms with van der Waals surface area (Å²) in [7, 11) is 6.21. The molecule has 0 bridgehead atoms. The SMILES string of the molecule is COc1cc(NC(=O)C2CC(=O)N(c3cccc(C)c3C)C2)c(C(=O)N(C)C)cc1OC. The minimum atomic E-state index is -0.544. The molecule has 170 valence electrons. The molecule has 2 aromatic carbocycles. The Hall–Kier alpha value is -3.55. The van der Waals surface area contributed by atoms with Crippen LogP contribution in [0.4, 0.5) is 11.4 Å². The van der Waals surface area contributed by atoms with Crippen LogP contribution in [0.3, 0.4) is 0 Å². The minimum absolute atomic E-state index is 0.101. The number of nitrogens with one attached hydrogen (secondary N) is 1. The number of hydrogen-bond acceptors (Lipinski definition) is 5. The van der Waals surface area contributed by atoms with Crippen LogP contribution in [0.2, 0.25) is 0 Å². The second-order valence-electron chi connectivity index (χ2n) is 8.07. The van der Waals surface area contributed by atoms with E-state index in [2.05, 4.69) is 5.32 Å². The Morgan fingerprint density at radius 3 is 2.38 bits per heavy atom. The van der Waals surface area contributed by atoms with Gasteiger partial charge in [-0.15, -0.1) is 0 Å². The van der Waals surface area contributed by atoms with Crippen LogP contribution in [0.5, 0.6) is 11.5 Å². The number of hydrogen-bond donors (Lipinski definition) is 1. The zero-order valence-corrected chi connectivity index (χ0v) is 19.3. The smallest absolute Gasteiger partial charge is 0.255 e. The summed E-state index contributed by atoms with van der Waals surface area (Å²) < 4.78 is 10.6. The number of aryl methyl sites for hydroxylation is 1. The number of rotatable bonds is 6. The molecule has 8 heteroatoms. The third-order valence-corrected chi connectivity index (χ3v) is 5.78. The fourth-order valence-electron chi connectivity index (χ4n) is 3.78. The van der Waals surface area contributed by atoms with Gasteiger partial charge in [-0.1, -0.05) is 12.1 Å². The molecule has 3 amide bonds. The Morgan fingerprint density at radius 2 is 1.75 bits per heavy atom. The largest absolute Gasteiger partial charge is 0.493 e. The van der Waals surface area contributed by atoms with Gasteiger partial charge in [0.15, 0.2) is 11.5 Å². The molecular formula is C24H29N3O5. The summed E-state index contributed by atoms with van der Waals surface area (Å²) in [4.78, 5) is 41.6. The van der Waals surface area contributed by atoms with Crippen LogP contribution in [0.25, 0.3) is 0 Å². The van der Waals surface area contributed by atoms with Crippen molar-refractivity contribution in [2.45, 2.75) is 20.3 Å². The molecule has 1 aliphatic rings. The van der Waals surface area contributed by atoms with E-state index in [1.54, 1.807) is 31.1 Å². The summed E-state index contributed by atoms with van der Waals surface area (Å²) in [6.07, 6.45) is 0.101. The van der Waals surface area contributed by atoms with Gasteiger partial charge in [0.05, 0.1) is 31.4 Å². The monoisotopic (exact) mass is 439 g/mol. The lowest BCUT2D eigenvalue weighted by Crippen LogP contribution is -2.30. The molecule has 0 saturated carbocycles. The van der Waals surface area contributed by atoms with Crippen molar-refractivity contribution in [2.24, 2.45) is 5.92 Å². The Morgan fingerprint density at radius 1 is 1.09 bits per heavy atom. The molecule has 1 N–H and O–H groups in total. The van der Waals surface area contributed by atoms with Crippen molar-refractivity contribution < 1.29 is 23.9 Å². The highest BCUT2D eigenvalue weighted by Gasteiger charge is 2.36. The van der Waals surface area contributed by atoms with Gasteiger partial charge in [0.25, 0.3) is 5.91 Å². The molecule has 1 aliphatic heterocycles. The first-order valence-electron chi connectivity index (χ1n) is 10.3. The van der Waals surface area contributed by atoms with Crippen LogP contribution in [-0.4, -0.2) is 57.5 Å². The van der Waals surface area contributed by atoms with E-state index in [0.717, 1.165) is 16.8 Å². The first-order chi connectivity index (χ1) is 15.2. The molecule has 0 aromatic heterocycles. The topological polar surface area (TPSA) is 88.2 Å². The average Bonchev–Trinajstić information content (AvgIpc) is 3.16. The van der Waals surface area contributed by atoms with Crippen molar-refractivity contribution in [1.82, 2.24) is 4.90 Å². The number of benzene rings is 2. The molecule has 1 saturated heterocycles. The molecular weight excluding hydrogens is 410 g/mol. The Balaban J connectivity index is 1.87. The molecule has 1 fully saturated rings. The highest BCUT2D eigenvalue weighted by Crippen LogP contribution is 2.35. The minimum Gasteiger partial charge on any atom is -0.493 e. The lowest BCUT2D eigenvalue weighted by Gasteiger charge is -2.21. The fourth-order valence-corrected chi connectivity index (χ4v) is 3.78. The highest BCUT2D eigenvalue weighted by atomic mass is 16.5. The first kappa shape index (κ1) is 23.1. The quantitative estimate of drug-likeness (QED) is 0.748. The lowest BCUT2D eigenvalue weighted by molar-refractivity contribution is -0.122. The summed E-state index contributed by atoms with van der Waals surface area (Å²) in [5.74, 6) is -0.494. The van der Waals surface area contributed by atoms with Gasteiger partial charge in [0.1, 0.15) is 0 Å². The lowest BCUT2D eigenvalue weighted by atomic mass is 10.1. The van der Waals surface area contributed by atoms with Gasteiger partial charge in [0, 0.05) is 38.8 Å².